The van der Waals surface area contributed by atoms with Gasteiger partial charge < -0.3 is 14.6 Å². The number of fused-ring (bicyclic) bond motifs is 2. The maximum atomic E-state index is 5.82. The Balaban J connectivity index is 1.76. The van der Waals surface area contributed by atoms with Crippen molar-refractivity contribution in [2.24, 2.45) is 0 Å². The van der Waals surface area contributed by atoms with Gasteiger partial charge in [-0.05, 0) is 32.7 Å². The Morgan fingerprint density at radius 1 is 1.47 bits per heavy atom. The first-order chi connectivity index (χ1) is 8.31. The molecule has 1 N–H and O–H groups in total. The third kappa shape index (κ3) is 1.87. The predicted octanol–water partition coefficient (Wildman–Crippen LogP) is 1.77. The topological polar surface area (TPSA) is 60.2 Å². The molecule has 5 nitrogen and oxygen atoms in total. The summed E-state index contributed by atoms with van der Waals surface area (Å²) in [5.74, 6) is 1.88. The van der Waals surface area contributed by atoms with Gasteiger partial charge in [0, 0.05) is 0 Å². The molecule has 2 saturated heterocycles. The van der Waals surface area contributed by atoms with Gasteiger partial charge in [0.25, 0.3) is 0 Å². The number of rotatable bonds is 4. The minimum absolute atomic E-state index is 0.163. The summed E-state index contributed by atoms with van der Waals surface area (Å²) >= 11 is 0. The van der Waals surface area contributed by atoms with Gasteiger partial charge in [0.2, 0.25) is 5.89 Å². The van der Waals surface area contributed by atoms with Crippen molar-refractivity contribution in [2.75, 3.05) is 7.05 Å². The average Bonchev–Trinajstić information content (AvgIpc) is 3.06. The summed E-state index contributed by atoms with van der Waals surface area (Å²) in [6, 6.07) is 0.163. The van der Waals surface area contributed by atoms with E-state index < -0.39 is 0 Å². The number of nitrogens with one attached hydrogen (secondary N) is 1. The molecule has 2 aliphatic rings. The third-order valence-electron chi connectivity index (χ3n) is 3.95. The van der Waals surface area contributed by atoms with Gasteiger partial charge in [0.1, 0.15) is 0 Å². The SMILES string of the molecule is CCC(NC)c1nc(C2CC3CCC2O3)no1. The van der Waals surface area contributed by atoms with Gasteiger partial charge >= 0.3 is 0 Å². The largest absolute Gasteiger partial charge is 0.374 e. The van der Waals surface area contributed by atoms with Crippen LogP contribution in [0.5, 0.6) is 0 Å². The summed E-state index contributed by atoms with van der Waals surface area (Å²) in [5.41, 5.74) is 0. The first-order valence-corrected chi connectivity index (χ1v) is 6.48. The van der Waals surface area contributed by atoms with Crippen LogP contribution in [0.1, 0.15) is 56.3 Å². The minimum atomic E-state index is 0.163. The summed E-state index contributed by atoms with van der Waals surface area (Å²) in [7, 11) is 1.92. The lowest BCUT2D eigenvalue weighted by Gasteiger charge is -2.14. The molecule has 17 heavy (non-hydrogen) atoms. The monoisotopic (exact) mass is 237 g/mol. The van der Waals surface area contributed by atoms with Crippen LogP contribution in [0.25, 0.3) is 0 Å². The summed E-state index contributed by atoms with van der Waals surface area (Å²) in [5, 5.41) is 7.31. The van der Waals surface area contributed by atoms with E-state index in [0.717, 1.165) is 25.1 Å². The van der Waals surface area contributed by atoms with Gasteiger partial charge in [-0.25, -0.2) is 0 Å². The van der Waals surface area contributed by atoms with Gasteiger partial charge in [-0.15, -0.1) is 0 Å². The van der Waals surface area contributed by atoms with Crippen molar-refractivity contribution in [1.82, 2.24) is 15.5 Å². The highest BCUT2D eigenvalue weighted by molar-refractivity contribution is 5.07. The Morgan fingerprint density at radius 2 is 2.35 bits per heavy atom. The molecule has 4 atom stereocenters. The van der Waals surface area contributed by atoms with Crippen LogP contribution in [-0.2, 0) is 4.74 Å². The summed E-state index contributed by atoms with van der Waals surface area (Å²) in [6.45, 7) is 2.10. The Labute approximate surface area is 101 Å². The van der Waals surface area contributed by atoms with E-state index in [-0.39, 0.29) is 6.04 Å². The maximum Gasteiger partial charge on any atom is 0.243 e. The smallest absolute Gasteiger partial charge is 0.243 e. The van der Waals surface area contributed by atoms with Crippen molar-refractivity contribution in [3.8, 4) is 0 Å². The molecule has 3 heterocycles. The fourth-order valence-electron chi connectivity index (χ4n) is 2.95. The lowest BCUT2D eigenvalue weighted by atomic mass is 9.89. The standard InChI is InChI=1S/C12H19N3O2/c1-3-9(13-2)12-14-11(15-17-12)8-6-7-4-5-10(8)16-7/h7-10,13H,3-6H2,1-2H3. The van der Waals surface area contributed by atoms with Crippen molar-refractivity contribution in [1.29, 1.82) is 0 Å². The second-order valence-electron chi connectivity index (χ2n) is 4.96. The molecule has 0 spiro atoms. The molecule has 94 valence electrons. The molecule has 3 rings (SSSR count). The number of hydrogen-bond acceptors (Lipinski definition) is 5. The molecule has 0 radical (unpaired) electrons. The minimum Gasteiger partial charge on any atom is -0.374 e. The molecule has 0 aromatic carbocycles. The zero-order valence-electron chi connectivity index (χ0n) is 10.3. The Hall–Kier alpha value is -0.940. The van der Waals surface area contributed by atoms with Crippen molar-refractivity contribution in [3.63, 3.8) is 0 Å². The second-order valence-corrected chi connectivity index (χ2v) is 4.96. The van der Waals surface area contributed by atoms with Crippen LogP contribution in [0.4, 0.5) is 0 Å². The van der Waals surface area contributed by atoms with Crippen LogP contribution < -0.4 is 5.32 Å². The van der Waals surface area contributed by atoms with Crippen LogP contribution in [0, 0.1) is 0 Å². The molecule has 1 aromatic heterocycles. The van der Waals surface area contributed by atoms with E-state index in [2.05, 4.69) is 22.4 Å². The molecular weight excluding hydrogens is 218 g/mol. The molecule has 0 aliphatic carbocycles. The van der Waals surface area contributed by atoms with Gasteiger partial charge in [0.05, 0.1) is 24.2 Å². The van der Waals surface area contributed by atoms with Crippen molar-refractivity contribution in [2.45, 2.75) is 56.8 Å². The predicted molar refractivity (Wildman–Crippen MR) is 61.6 cm³/mol. The van der Waals surface area contributed by atoms with Crippen molar-refractivity contribution in [3.05, 3.63) is 11.7 Å². The lowest BCUT2D eigenvalue weighted by Crippen LogP contribution is -2.17. The highest BCUT2D eigenvalue weighted by Crippen LogP contribution is 2.43. The van der Waals surface area contributed by atoms with Crippen LogP contribution in [0.15, 0.2) is 4.52 Å². The van der Waals surface area contributed by atoms with E-state index in [1.54, 1.807) is 0 Å². The van der Waals surface area contributed by atoms with Crippen molar-refractivity contribution >= 4 is 0 Å². The molecule has 1 aromatic rings. The Morgan fingerprint density at radius 3 is 2.94 bits per heavy atom. The van der Waals surface area contributed by atoms with Crippen LogP contribution in [0.2, 0.25) is 0 Å². The maximum absolute atomic E-state index is 5.82. The number of hydrogen-bond donors (Lipinski definition) is 1. The summed E-state index contributed by atoms with van der Waals surface area (Å²) in [6.07, 6.45) is 5.09. The van der Waals surface area contributed by atoms with Crippen LogP contribution in [-0.4, -0.2) is 29.4 Å². The quantitative estimate of drug-likeness (QED) is 0.864. The van der Waals surface area contributed by atoms with E-state index in [9.17, 15) is 0 Å². The first-order valence-electron chi connectivity index (χ1n) is 6.48. The van der Waals surface area contributed by atoms with Gasteiger partial charge in [-0.1, -0.05) is 12.1 Å². The van der Waals surface area contributed by atoms with Gasteiger partial charge in [-0.2, -0.15) is 4.98 Å². The number of aromatic nitrogens is 2. The zero-order chi connectivity index (χ0) is 11.8. The number of nitrogens with zero attached hydrogens (tertiary/aromatic N) is 2. The third-order valence-corrected chi connectivity index (χ3v) is 3.95. The Kier molecular flexibility index (Phi) is 2.88. The van der Waals surface area contributed by atoms with E-state index >= 15 is 0 Å². The molecule has 0 saturated carbocycles. The van der Waals surface area contributed by atoms with Gasteiger partial charge in [0.15, 0.2) is 5.82 Å². The molecule has 2 aliphatic heterocycles. The second kappa shape index (κ2) is 4.38. The normalized spacial score (nSPS) is 33.2. The highest BCUT2D eigenvalue weighted by Gasteiger charge is 2.43. The molecule has 4 unspecified atom stereocenters. The highest BCUT2D eigenvalue weighted by atomic mass is 16.5. The zero-order valence-corrected chi connectivity index (χ0v) is 10.3. The molecule has 2 bridgehead atoms. The average molecular weight is 237 g/mol. The van der Waals surface area contributed by atoms with E-state index in [1.165, 1.54) is 6.42 Å². The fraction of sp³-hybridized carbons (Fsp3) is 0.833. The van der Waals surface area contributed by atoms with Gasteiger partial charge in [-0.3, -0.25) is 0 Å². The Bertz CT molecular complexity index is 389. The lowest BCUT2D eigenvalue weighted by molar-refractivity contribution is 0.0996. The number of ether oxygens (including phenoxy) is 1. The van der Waals surface area contributed by atoms with Crippen molar-refractivity contribution < 1.29 is 9.26 Å². The van der Waals surface area contributed by atoms with E-state index in [0.29, 0.717) is 24.0 Å². The van der Waals surface area contributed by atoms with E-state index in [4.69, 9.17) is 9.26 Å². The van der Waals surface area contributed by atoms with Crippen LogP contribution in [0.3, 0.4) is 0 Å². The molecule has 5 heteroatoms. The summed E-state index contributed by atoms with van der Waals surface area (Å²) in [4.78, 5) is 4.53. The van der Waals surface area contributed by atoms with Crippen LogP contribution >= 0.6 is 0 Å². The molecule has 2 fully saturated rings. The van der Waals surface area contributed by atoms with E-state index in [1.807, 2.05) is 7.05 Å². The molecular formula is C12H19N3O2. The fourth-order valence-corrected chi connectivity index (χ4v) is 2.95. The first kappa shape index (κ1) is 11.2. The molecule has 0 amide bonds. The summed E-state index contributed by atoms with van der Waals surface area (Å²) < 4.78 is 11.2.